The molecule has 0 amide bonds. The number of ether oxygens (including phenoxy) is 2. The van der Waals surface area contributed by atoms with Crippen molar-refractivity contribution in [2.75, 3.05) is 54.1 Å². The van der Waals surface area contributed by atoms with Crippen LogP contribution >= 0.6 is 7.82 Å². The van der Waals surface area contributed by atoms with E-state index >= 15 is 0 Å². The Bertz CT molecular complexity index is 1240. The van der Waals surface area contributed by atoms with E-state index in [0.29, 0.717) is 24.1 Å². The summed E-state index contributed by atoms with van der Waals surface area (Å²) < 4.78 is 34.8. The van der Waals surface area contributed by atoms with E-state index in [9.17, 15) is 14.3 Å². The second kappa shape index (κ2) is 49.6. The van der Waals surface area contributed by atoms with Crippen LogP contribution in [0.1, 0.15) is 239 Å². The van der Waals surface area contributed by atoms with E-state index in [1.54, 1.807) is 0 Å². The fourth-order valence-electron chi connectivity index (χ4n) is 7.63. The van der Waals surface area contributed by atoms with Crippen molar-refractivity contribution in [3.8, 4) is 0 Å². The first-order valence-electron chi connectivity index (χ1n) is 27.5. The molecular weight excluding hydrogens is 842 g/mol. The summed E-state index contributed by atoms with van der Waals surface area (Å²) in [7, 11) is 1.34. The van der Waals surface area contributed by atoms with Crippen molar-refractivity contribution in [2.24, 2.45) is 0 Å². The van der Waals surface area contributed by atoms with Gasteiger partial charge in [0.25, 0.3) is 7.82 Å². The highest BCUT2D eigenvalue weighted by atomic mass is 31.2. The number of unbranched alkanes of at least 4 members (excludes halogenated alkanes) is 27. The van der Waals surface area contributed by atoms with Gasteiger partial charge in [-0.3, -0.25) is 9.36 Å². The van der Waals surface area contributed by atoms with Crippen LogP contribution in [0.4, 0.5) is 0 Å². The van der Waals surface area contributed by atoms with E-state index in [-0.39, 0.29) is 32.2 Å². The van der Waals surface area contributed by atoms with E-state index in [1.165, 1.54) is 148 Å². The van der Waals surface area contributed by atoms with E-state index in [1.807, 2.05) is 21.1 Å². The first-order chi connectivity index (χ1) is 32.1. The summed E-state index contributed by atoms with van der Waals surface area (Å²) in [5.74, 6) is -0.362. The summed E-state index contributed by atoms with van der Waals surface area (Å²) in [5.41, 5.74) is 0. The number of nitrogens with zero attached hydrogens (tertiary/aromatic N) is 1. The molecule has 2 unspecified atom stereocenters. The Kier molecular flexibility index (Phi) is 48.3. The highest BCUT2D eigenvalue weighted by Crippen LogP contribution is 2.38. The molecule has 0 aliphatic carbocycles. The van der Waals surface area contributed by atoms with Crippen LogP contribution in [0.25, 0.3) is 0 Å². The molecule has 9 heteroatoms. The molecule has 0 saturated heterocycles. The molecule has 0 aromatic heterocycles. The quantitative estimate of drug-likeness (QED) is 0.0197. The summed E-state index contributed by atoms with van der Waals surface area (Å²) in [5, 5.41) is 0. The lowest BCUT2D eigenvalue weighted by molar-refractivity contribution is -0.870. The average Bonchev–Trinajstić information content (AvgIpc) is 3.28. The van der Waals surface area contributed by atoms with Gasteiger partial charge in [0.05, 0.1) is 34.4 Å². The predicted octanol–water partition coefficient (Wildman–Crippen LogP) is 16.6. The SMILES string of the molecule is CC/C=C\C/C=C\C/C=C\C/C=C\C/C=C\CCCCCC(=O)OC(COCCCCCCCCCCCCCCCCCCCCCCCCCCC)COP(=O)([O-])OCC[N+](C)(C)C. The van der Waals surface area contributed by atoms with Crippen LogP contribution < -0.4 is 4.89 Å². The first kappa shape index (κ1) is 64.2. The van der Waals surface area contributed by atoms with Gasteiger partial charge in [0, 0.05) is 13.0 Å². The Morgan fingerprint density at radius 2 is 0.879 bits per heavy atom. The van der Waals surface area contributed by atoms with Gasteiger partial charge in [-0.15, -0.1) is 0 Å². The van der Waals surface area contributed by atoms with E-state index in [2.05, 4.69) is 74.6 Å². The Morgan fingerprint density at radius 1 is 0.485 bits per heavy atom. The summed E-state index contributed by atoms with van der Waals surface area (Å²) in [6.45, 7) is 5.29. The molecule has 0 fully saturated rings. The molecule has 0 radical (unpaired) electrons. The minimum atomic E-state index is -4.54. The third-order valence-electron chi connectivity index (χ3n) is 11.8. The molecular formula is C57H106NO7P. The van der Waals surface area contributed by atoms with Crippen LogP contribution in [0.5, 0.6) is 0 Å². The Labute approximate surface area is 409 Å². The highest BCUT2D eigenvalue weighted by Gasteiger charge is 2.20. The van der Waals surface area contributed by atoms with Gasteiger partial charge < -0.3 is 27.9 Å². The maximum absolute atomic E-state index is 12.7. The van der Waals surface area contributed by atoms with Gasteiger partial charge in [-0.1, -0.05) is 235 Å². The van der Waals surface area contributed by atoms with Crippen LogP contribution in [0.2, 0.25) is 0 Å². The summed E-state index contributed by atoms with van der Waals surface area (Å²) >= 11 is 0. The Morgan fingerprint density at radius 3 is 1.30 bits per heavy atom. The molecule has 8 nitrogen and oxygen atoms in total. The van der Waals surface area contributed by atoms with Gasteiger partial charge in [0.15, 0.2) is 0 Å². The molecule has 0 heterocycles. The number of phosphoric acid groups is 1. The molecule has 0 bridgehead atoms. The van der Waals surface area contributed by atoms with Gasteiger partial charge in [0.1, 0.15) is 19.3 Å². The zero-order valence-corrected chi connectivity index (χ0v) is 44.8. The number of carbonyl (C=O) groups is 1. The monoisotopic (exact) mass is 948 g/mol. The van der Waals surface area contributed by atoms with Crippen molar-refractivity contribution in [2.45, 2.75) is 245 Å². The number of allylic oxidation sites excluding steroid dienone is 10. The number of likely N-dealkylation sites (N-methyl/N-ethyl adjacent to an activating group) is 1. The van der Waals surface area contributed by atoms with Crippen molar-refractivity contribution < 1.29 is 37.3 Å². The minimum Gasteiger partial charge on any atom is -0.756 e. The van der Waals surface area contributed by atoms with E-state index in [4.69, 9.17) is 18.5 Å². The van der Waals surface area contributed by atoms with Crippen LogP contribution in [0.15, 0.2) is 60.8 Å². The lowest BCUT2D eigenvalue weighted by atomic mass is 10.0. The van der Waals surface area contributed by atoms with Crippen molar-refractivity contribution in [1.82, 2.24) is 0 Å². The number of phosphoric ester groups is 1. The maximum atomic E-state index is 12.7. The number of hydrogen-bond acceptors (Lipinski definition) is 7. The molecule has 0 aliphatic heterocycles. The topological polar surface area (TPSA) is 94.1 Å². The average molecular weight is 948 g/mol. The van der Waals surface area contributed by atoms with Crippen LogP contribution in [-0.2, 0) is 27.9 Å². The highest BCUT2D eigenvalue weighted by molar-refractivity contribution is 7.45. The molecule has 2 atom stereocenters. The van der Waals surface area contributed by atoms with Gasteiger partial charge in [-0.2, -0.15) is 0 Å². The lowest BCUT2D eigenvalue weighted by Gasteiger charge is -2.28. The largest absolute Gasteiger partial charge is 0.756 e. The normalized spacial score (nSPS) is 14.0. The Balaban J connectivity index is 4.11. The smallest absolute Gasteiger partial charge is 0.306 e. The van der Waals surface area contributed by atoms with Gasteiger partial charge in [-0.05, 0) is 57.8 Å². The van der Waals surface area contributed by atoms with Crippen molar-refractivity contribution in [1.29, 1.82) is 0 Å². The fraction of sp³-hybridized carbons (Fsp3) is 0.807. The van der Waals surface area contributed by atoms with Crippen LogP contribution in [0.3, 0.4) is 0 Å². The molecule has 0 rings (SSSR count). The zero-order chi connectivity index (χ0) is 48.3. The Hall–Kier alpha value is -1.80. The second-order valence-corrected chi connectivity index (χ2v) is 21.0. The number of hydrogen-bond donors (Lipinski definition) is 0. The maximum Gasteiger partial charge on any atom is 0.306 e. The molecule has 386 valence electrons. The van der Waals surface area contributed by atoms with Gasteiger partial charge in [-0.25, -0.2) is 0 Å². The van der Waals surface area contributed by atoms with Crippen LogP contribution in [-0.4, -0.2) is 70.7 Å². The molecule has 0 aliphatic rings. The molecule has 0 saturated carbocycles. The van der Waals surface area contributed by atoms with Crippen molar-refractivity contribution in [3.63, 3.8) is 0 Å². The van der Waals surface area contributed by atoms with E-state index < -0.39 is 13.9 Å². The van der Waals surface area contributed by atoms with E-state index in [0.717, 1.165) is 64.2 Å². The predicted molar refractivity (Wildman–Crippen MR) is 282 cm³/mol. The summed E-state index contributed by atoms with van der Waals surface area (Å²) in [6.07, 6.45) is 64.1. The van der Waals surface area contributed by atoms with Gasteiger partial charge >= 0.3 is 5.97 Å². The zero-order valence-electron chi connectivity index (χ0n) is 43.9. The second-order valence-electron chi connectivity index (χ2n) is 19.6. The molecule has 0 aromatic rings. The number of rotatable bonds is 51. The molecule has 0 aromatic carbocycles. The first-order valence-corrected chi connectivity index (χ1v) is 29.0. The lowest BCUT2D eigenvalue weighted by Crippen LogP contribution is -2.37. The number of quaternary nitrogens is 1. The minimum absolute atomic E-state index is 0.0183. The summed E-state index contributed by atoms with van der Waals surface area (Å²) in [6, 6.07) is 0. The standard InChI is InChI=1S/C57H106NO7P/c1-6-8-10-12-14-16-18-20-22-24-26-27-28-29-30-31-33-35-37-39-41-43-45-47-49-52-62-54-56(55-64-66(60,61)63-53-51-58(3,4)5)65-57(59)50-48-46-44-42-40-38-36-34-32-25-23-21-19-17-15-13-11-9-7-2/h9,11,15,17,21,23,32,34,38,40,56H,6-8,10,12-14,16,18-20,22,24-31,33,35-37,39,41-55H2,1-5H3/b11-9-,17-15-,23-21-,34-32-,40-38-. The molecule has 66 heavy (non-hydrogen) atoms. The number of esters is 1. The number of carbonyl (C=O) groups excluding carboxylic acids is 1. The van der Waals surface area contributed by atoms with Crippen molar-refractivity contribution in [3.05, 3.63) is 60.8 Å². The molecule has 0 spiro atoms. The third-order valence-corrected chi connectivity index (χ3v) is 12.8. The molecule has 0 N–H and O–H groups in total. The van der Waals surface area contributed by atoms with Gasteiger partial charge in [0.2, 0.25) is 0 Å². The fourth-order valence-corrected chi connectivity index (χ4v) is 8.36. The third kappa shape index (κ3) is 53.2. The van der Waals surface area contributed by atoms with Crippen LogP contribution in [0, 0.1) is 0 Å². The summed E-state index contributed by atoms with van der Waals surface area (Å²) in [4.78, 5) is 25.2. The van der Waals surface area contributed by atoms with Crippen molar-refractivity contribution >= 4 is 13.8 Å².